The van der Waals surface area contributed by atoms with Crippen LogP contribution in [-0.4, -0.2) is 30.6 Å². The van der Waals surface area contributed by atoms with Crippen LogP contribution in [0.5, 0.6) is 5.75 Å². The SMILES string of the molecule is CC(C)(C)OC(=O)c1ccc(-c2cc(C=O)ccc2OCC(F)(F)F)cc1. The molecule has 0 saturated carbocycles. The van der Waals surface area contributed by atoms with Crippen molar-refractivity contribution in [3.63, 3.8) is 0 Å². The number of rotatable bonds is 5. The molecule has 0 amide bonds. The van der Waals surface area contributed by atoms with Gasteiger partial charge in [-0.25, -0.2) is 4.79 Å². The Labute approximate surface area is 154 Å². The monoisotopic (exact) mass is 380 g/mol. The number of alkyl halides is 3. The summed E-state index contributed by atoms with van der Waals surface area (Å²) in [4.78, 5) is 23.1. The summed E-state index contributed by atoms with van der Waals surface area (Å²) in [5, 5.41) is 0. The first-order chi connectivity index (χ1) is 12.5. The zero-order valence-electron chi connectivity index (χ0n) is 15.1. The number of aldehydes is 1. The second kappa shape index (κ2) is 7.82. The molecule has 0 spiro atoms. The molecular formula is C20H19F3O4. The minimum atomic E-state index is -4.48. The topological polar surface area (TPSA) is 52.6 Å². The van der Waals surface area contributed by atoms with E-state index in [1.54, 1.807) is 32.9 Å². The van der Waals surface area contributed by atoms with Crippen LogP contribution in [0.15, 0.2) is 42.5 Å². The maximum absolute atomic E-state index is 12.5. The van der Waals surface area contributed by atoms with E-state index in [4.69, 9.17) is 9.47 Å². The normalized spacial score (nSPS) is 11.8. The van der Waals surface area contributed by atoms with Crippen LogP contribution >= 0.6 is 0 Å². The summed E-state index contributed by atoms with van der Waals surface area (Å²) < 4.78 is 47.5. The van der Waals surface area contributed by atoms with Crippen LogP contribution in [-0.2, 0) is 4.74 Å². The van der Waals surface area contributed by atoms with Gasteiger partial charge in [0.15, 0.2) is 6.61 Å². The van der Waals surface area contributed by atoms with Gasteiger partial charge >= 0.3 is 12.1 Å². The van der Waals surface area contributed by atoms with Crippen molar-refractivity contribution in [1.82, 2.24) is 0 Å². The lowest BCUT2D eigenvalue weighted by atomic mass is 10.0. The van der Waals surface area contributed by atoms with E-state index < -0.39 is 24.4 Å². The highest BCUT2D eigenvalue weighted by atomic mass is 19.4. The molecule has 2 aromatic carbocycles. The molecule has 0 saturated heterocycles. The van der Waals surface area contributed by atoms with Crippen molar-refractivity contribution in [2.45, 2.75) is 32.5 Å². The van der Waals surface area contributed by atoms with Crippen LogP contribution in [0.2, 0.25) is 0 Å². The van der Waals surface area contributed by atoms with Gasteiger partial charge in [0.1, 0.15) is 17.6 Å². The molecule has 2 rings (SSSR count). The lowest BCUT2D eigenvalue weighted by molar-refractivity contribution is -0.153. The van der Waals surface area contributed by atoms with Crippen molar-refractivity contribution in [3.8, 4) is 16.9 Å². The third kappa shape index (κ3) is 6.13. The fraction of sp³-hybridized carbons (Fsp3) is 0.300. The lowest BCUT2D eigenvalue weighted by Gasteiger charge is -2.19. The molecule has 7 heteroatoms. The van der Waals surface area contributed by atoms with Gasteiger partial charge in [-0.3, -0.25) is 4.79 Å². The molecule has 0 fully saturated rings. The van der Waals surface area contributed by atoms with E-state index in [1.807, 2.05) is 0 Å². The van der Waals surface area contributed by atoms with Crippen LogP contribution in [0.3, 0.4) is 0 Å². The van der Waals surface area contributed by atoms with E-state index in [-0.39, 0.29) is 5.75 Å². The molecule has 0 bridgehead atoms. The number of carbonyl (C=O) groups excluding carboxylic acids is 2. The number of benzene rings is 2. The van der Waals surface area contributed by atoms with Crippen molar-refractivity contribution in [3.05, 3.63) is 53.6 Å². The lowest BCUT2D eigenvalue weighted by Crippen LogP contribution is -2.23. The third-order valence-corrected chi connectivity index (χ3v) is 3.36. The Balaban J connectivity index is 2.33. The molecule has 0 N–H and O–H groups in total. The highest BCUT2D eigenvalue weighted by Crippen LogP contribution is 2.32. The molecule has 144 valence electrons. The number of carbonyl (C=O) groups is 2. The fourth-order valence-corrected chi connectivity index (χ4v) is 2.25. The minimum absolute atomic E-state index is 0.0112. The molecule has 0 aliphatic rings. The predicted octanol–water partition coefficient (Wildman–Crippen LogP) is 5.06. The molecule has 0 aromatic heterocycles. The first-order valence-corrected chi connectivity index (χ1v) is 8.11. The number of halogens is 3. The molecule has 0 radical (unpaired) electrons. The summed E-state index contributed by atoms with van der Waals surface area (Å²) in [6, 6.07) is 10.2. The average molecular weight is 380 g/mol. The largest absolute Gasteiger partial charge is 0.483 e. The smallest absolute Gasteiger partial charge is 0.422 e. The summed E-state index contributed by atoms with van der Waals surface area (Å²) in [5.74, 6) is -0.521. The molecule has 0 unspecified atom stereocenters. The van der Waals surface area contributed by atoms with Gasteiger partial charge in [-0.05, 0) is 56.7 Å². The second-order valence-corrected chi connectivity index (χ2v) is 6.86. The fourth-order valence-electron chi connectivity index (χ4n) is 2.25. The first kappa shape index (κ1) is 20.5. The number of hydrogen-bond acceptors (Lipinski definition) is 4. The van der Waals surface area contributed by atoms with Gasteiger partial charge in [0.05, 0.1) is 5.56 Å². The number of ether oxygens (including phenoxy) is 2. The summed E-state index contributed by atoms with van der Waals surface area (Å²) >= 11 is 0. The molecule has 0 atom stereocenters. The van der Waals surface area contributed by atoms with Crippen LogP contribution in [0.25, 0.3) is 11.1 Å². The quantitative estimate of drug-likeness (QED) is 0.537. The van der Waals surface area contributed by atoms with Gasteiger partial charge in [-0.2, -0.15) is 13.2 Å². The standard InChI is InChI=1S/C20H19F3O4/c1-19(2,3)27-18(25)15-7-5-14(6-8-15)16-10-13(11-24)4-9-17(16)26-12-20(21,22)23/h4-11H,12H2,1-3H3. The Morgan fingerprint density at radius 3 is 2.19 bits per heavy atom. The molecule has 0 aliphatic heterocycles. The zero-order valence-corrected chi connectivity index (χ0v) is 15.1. The highest BCUT2D eigenvalue weighted by molar-refractivity contribution is 5.90. The van der Waals surface area contributed by atoms with Crippen LogP contribution < -0.4 is 4.74 Å². The van der Waals surface area contributed by atoms with Gasteiger partial charge in [0.2, 0.25) is 0 Å². The summed E-state index contributed by atoms with van der Waals surface area (Å²) in [5.41, 5.74) is 0.772. The maximum Gasteiger partial charge on any atom is 0.422 e. The van der Waals surface area contributed by atoms with Crippen molar-refractivity contribution >= 4 is 12.3 Å². The Morgan fingerprint density at radius 1 is 1.04 bits per heavy atom. The summed E-state index contributed by atoms with van der Waals surface area (Å²) in [7, 11) is 0. The Morgan fingerprint density at radius 2 is 1.67 bits per heavy atom. The number of esters is 1. The third-order valence-electron chi connectivity index (χ3n) is 3.36. The Kier molecular flexibility index (Phi) is 5.93. The van der Waals surface area contributed by atoms with Crippen molar-refractivity contribution in [2.24, 2.45) is 0 Å². The average Bonchev–Trinajstić information content (AvgIpc) is 2.58. The summed E-state index contributed by atoms with van der Waals surface area (Å²) in [6.07, 6.45) is -3.90. The number of hydrogen-bond donors (Lipinski definition) is 0. The van der Waals surface area contributed by atoms with E-state index in [1.165, 1.54) is 30.3 Å². The van der Waals surface area contributed by atoms with E-state index in [0.29, 0.717) is 28.5 Å². The molecule has 4 nitrogen and oxygen atoms in total. The van der Waals surface area contributed by atoms with Gasteiger partial charge in [-0.1, -0.05) is 12.1 Å². The van der Waals surface area contributed by atoms with E-state index in [0.717, 1.165) is 0 Å². The first-order valence-electron chi connectivity index (χ1n) is 8.11. The van der Waals surface area contributed by atoms with Gasteiger partial charge < -0.3 is 9.47 Å². The zero-order chi connectivity index (χ0) is 20.2. The van der Waals surface area contributed by atoms with Crippen molar-refractivity contribution < 1.29 is 32.2 Å². The van der Waals surface area contributed by atoms with Crippen molar-refractivity contribution in [2.75, 3.05) is 6.61 Å². The van der Waals surface area contributed by atoms with Crippen LogP contribution in [0.1, 0.15) is 41.5 Å². The van der Waals surface area contributed by atoms with Gasteiger partial charge in [-0.15, -0.1) is 0 Å². The van der Waals surface area contributed by atoms with Gasteiger partial charge in [0.25, 0.3) is 0 Å². The second-order valence-electron chi connectivity index (χ2n) is 6.86. The molecular weight excluding hydrogens is 361 g/mol. The Bertz CT molecular complexity index is 819. The van der Waals surface area contributed by atoms with Crippen LogP contribution in [0.4, 0.5) is 13.2 Å². The van der Waals surface area contributed by atoms with E-state index >= 15 is 0 Å². The van der Waals surface area contributed by atoms with E-state index in [9.17, 15) is 22.8 Å². The van der Waals surface area contributed by atoms with E-state index in [2.05, 4.69) is 0 Å². The molecule has 0 aliphatic carbocycles. The molecule has 27 heavy (non-hydrogen) atoms. The Hall–Kier alpha value is -2.83. The maximum atomic E-state index is 12.5. The predicted molar refractivity (Wildman–Crippen MR) is 94.0 cm³/mol. The molecule has 2 aromatic rings. The summed E-state index contributed by atoms with van der Waals surface area (Å²) in [6.45, 7) is 3.79. The highest BCUT2D eigenvalue weighted by Gasteiger charge is 2.29. The van der Waals surface area contributed by atoms with Gasteiger partial charge in [0, 0.05) is 11.1 Å². The minimum Gasteiger partial charge on any atom is -0.483 e. The van der Waals surface area contributed by atoms with Crippen LogP contribution in [0, 0.1) is 0 Å². The molecule has 0 heterocycles. The van der Waals surface area contributed by atoms with Crippen molar-refractivity contribution in [1.29, 1.82) is 0 Å².